The Morgan fingerprint density at radius 1 is 1.17 bits per heavy atom. The Balaban J connectivity index is 0.00000101. The Labute approximate surface area is 176 Å². The third-order valence-electron chi connectivity index (χ3n) is 6.46. The van der Waals surface area contributed by atoms with Crippen molar-refractivity contribution in [3.8, 4) is 0 Å². The van der Waals surface area contributed by atoms with Gasteiger partial charge >= 0.3 is 5.97 Å². The van der Waals surface area contributed by atoms with Crippen LogP contribution < -0.4 is 5.32 Å². The van der Waals surface area contributed by atoms with E-state index in [1.165, 1.54) is 0 Å². The van der Waals surface area contributed by atoms with Gasteiger partial charge < -0.3 is 35.0 Å². The summed E-state index contributed by atoms with van der Waals surface area (Å²) in [5.74, 6) is -0.858. The lowest BCUT2D eigenvalue weighted by Gasteiger charge is -2.53. The molecule has 0 aromatic carbocycles. The van der Waals surface area contributed by atoms with Gasteiger partial charge in [-0.05, 0) is 39.0 Å². The van der Waals surface area contributed by atoms with E-state index in [1.54, 1.807) is 0 Å². The molecule has 3 aliphatic rings. The van der Waals surface area contributed by atoms with Crippen molar-refractivity contribution in [3.05, 3.63) is 0 Å². The van der Waals surface area contributed by atoms with Crippen LogP contribution in [0.15, 0.2) is 0 Å². The maximum absolute atomic E-state index is 12.7. The van der Waals surface area contributed by atoms with Crippen LogP contribution in [0.1, 0.15) is 45.4 Å². The summed E-state index contributed by atoms with van der Waals surface area (Å²) in [5.41, 5.74) is -1.38. The molecule has 0 aromatic rings. The highest BCUT2D eigenvalue weighted by molar-refractivity contribution is 5.79. The van der Waals surface area contributed by atoms with Crippen LogP contribution in [0.2, 0.25) is 0 Å². The summed E-state index contributed by atoms with van der Waals surface area (Å²) in [4.78, 5) is 33.9. The second-order valence-electron chi connectivity index (χ2n) is 8.45. The first-order valence-corrected chi connectivity index (χ1v) is 10.5. The van der Waals surface area contributed by atoms with Crippen molar-refractivity contribution in [1.82, 2.24) is 10.2 Å². The minimum atomic E-state index is -0.798. The number of nitrogens with zero attached hydrogens (tertiary/aromatic N) is 1. The molecule has 0 saturated carbocycles. The predicted molar refractivity (Wildman–Crippen MR) is 106 cm³/mol. The van der Waals surface area contributed by atoms with Gasteiger partial charge in [0.05, 0.1) is 17.6 Å². The monoisotopic (exact) mass is 430 g/mol. The zero-order valence-corrected chi connectivity index (χ0v) is 17.5. The lowest BCUT2D eigenvalue weighted by Crippen LogP contribution is -2.69. The summed E-state index contributed by atoms with van der Waals surface area (Å²) in [6, 6.07) is 0. The largest absolute Gasteiger partial charge is 0.483 e. The van der Waals surface area contributed by atoms with E-state index in [9.17, 15) is 14.7 Å². The number of rotatable bonds is 5. The quantitative estimate of drug-likeness (QED) is 0.445. The van der Waals surface area contributed by atoms with E-state index in [4.69, 9.17) is 24.5 Å². The smallest absolute Gasteiger partial charge is 0.304 e. The number of carbonyl (C=O) groups is 3. The molecule has 3 aliphatic heterocycles. The predicted octanol–water partition coefficient (Wildman–Crippen LogP) is 0.0792. The van der Waals surface area contributed by atoms with E-state index in [-0.39, 0.29) is 24.7 Å². The number of piperidine rings is 1. The number of carboxylic acids is 1. The molecule has 3 fully saturated rings. The van der Waals surface area contributed by atoms with Gasteiger partial charge in [-0.1, -0.05) is 0 Å². The third kappa shape index (κ3) is 6.13. The van der Waals surface area contributed by atoms with Crippen LogP contribution in [0.3, 0.4) is 0 Å². The molecule has 3 saturated heterocycles. The van der Waals surface area contributed by atoms with Crippen LogP contribution in [0, 0.1) is 5.92 Å². The summed E-state index contributed by atoms with van der Waals surface area (Å²) < 4.78 is 11.4. The highest BCUT2D eigenvalue weighted by atomic mass is 16.5. The molecule has 30 heavy (non-hydrogen) atoms. The summed E-state index contributed by atoms with van der Waals surface area (Å²) in [5, 5.41) is 30.0. The third-order valence-corrected chi connectivity index (χ3v) is 6.46. The number of hydrogen-bond donors (Lipinski definition) is 4. The van der Waals surface area contributed by atoms with Crippen LogP contribution in [-0.2, 0) is 23.9 Å². The zero-order valence-electron chi connectivity index (χ0n) is 17.5. The fourth-order valence-corrected chi connectivity index (χ4v) is 4.56. The fraction of sp³-hybridized carbons (Fsp3) is 0.850. The van der Waals surface area contributed by atoms with Crippen molar-refractivity contribution in [2.75, 3.05) is 39.5 Å². The number of hydrogen-bond acceptors (Lipinski definition) is 7. The first-order valence-electron chi connectivity index (χ1n) is 10.5. The number of aliphatic carboxylic acids is 1. The molecule has 10 nitrogen and oxygen atoms in total. The van der Waals surface area contributed by atoms with Gasteiger partial charge in [0.2, 0.25) is 5.91 Å². The Morgan fingerprint density at radius 2 is 1.77 bits per heavy atom. The number of likely N-dealkylation sites (tertiary alicyclic amines) is 1. The van der Waals surface area contributed by atoms with Gasteiger partial charge in [-0.3, -0.25) is 14.4 Å². The van der Waals surface area contributed by atoms with Crippen LogP contribution in [0.4, 0.5) is 0 Å². The first kappa shape index (κ1) is 24.5. The number of carbonyl (C=O) groups excluding carboxylic acids is 1. The Morgan fingerprint density at radius 3 is 2.33 bits per heavy atom. The molecule has 1 spiro atoms. The second-order valence-corrected chi connectivity index (χ2v) is 8.45. The van der Waals surface area contributed by atoms with E-state index in [0.717, 1.165) is 12.8 Å². The lowest BCUT2D eigenvalue weighted by molar-refractivity contribution is -0.208. The van der Waals surface area contributed by atoms with Crippen molar-refractivity contribution in [1.29, 1.82) is 0 Å². The van der Waals surface area contributed by atoms with Crippen molar-refractivity contribution >= 4 is 18.3 Å². The molecule has 2 atom stereocenters. The molecule has 0 radical (unpaired) electrons. The summed E-state index contributed by atoms with van der Waals surface area (Å²) in [6.07, 6.45) is 2.62. The van der Waals surface area contributed by atoms with E-state index >= 15 is 0 Å². The van der Waals surface area contributed by atoms with Gasteiger partial charge in [-0.2, -0.15) is 0 Å². The van der Waals surface area contributed by atoms with Gasteiger partial charge in [0, 0.05) is 45.4 Å². The standard InChI is InChI=1S/C19H32N2O6.CH2O2/c1-18(20-16(24)14-3-11-26-12-4-14)7-13-27-19(17(18)25)5-9-21(10-6-19)8-2-15(22)23;2-1-3/h14,17,25H,2-13H2,1H3,(H,20,24)(H,22,23);1H,(H,2,3)/t17-,18+;/m0./s1. The molecular weight excluding hydrogens is 396 g/mol. The van der Waals surface area contributed by atoms with Gasteiger partial charge in [-0.15, -0.1) is 0 Å². The summed E-state index contributed by atoms with van der Waals surface area (Å²) >= 11 is 0. The number of carboxylic acid groups (broad SMARTS) is 2. The van der Waals surface area contributed by atoms with Crippen molar-refractivity contribution in [2.45, 2.75) is 62.7 Å². The SMILES string of the molecule is C[C@@]1(NC(=O)C2CCOCC2)CCOC2(CCN(CCC(=O)O)CC2)[C@H]1O.O=CO. The highest BCUT2D eigenvalue weighted by Crippen LogP contribution is 2.40. The minimum absolute atomic E-state index is 0.00389. The van der Waals surface area contributed by atoms with Crippen molar-refractivity contribution < 1.29 is 39.2 Å². The minimum Gasteiger partial charge on any atom is -0.483 e. The van der Waals surface area contributed by atoms with Crippen LogP contribution in [0.25, 0.3) is 0 Å². The average molecular weight is 430 g/mol. The Hall–Kier alpha value is -1.75. The van der Waals surface area contributed by atoms with Gasteiger partial charge in [0.25, 0.3) is 6.47 Å². The number of amides is 1. The molecule has 0 aromatic heterocycles. The molecule has 0 bridgehead atoms. The van der Waals surface area contributed by atoms with Gasteiger partial charge in [0.1, 0.15) is 6.10 Å². The second kappa shape index (κ2) is 11.0. The molecule has 0 aliphatic carbocycles. The number of aliphatic hydroxyl groups is 1. The molecule has 4 N–H and O–H groups in total. The number of aliphatic hydroxyl groups excluding tert-OH is 1. The molecule has 3 heterocycles. The fourth-order valence-electron chi connectivity index (χ4n) is 4.56. The van der Waals surface area contributed by atoms with E-state index in [0.29, 0.717) is 58.7 Å². The highest BCUT2D eigenvalue weighted by Gasteiger charge is 2.54. The molecule has 10 heteroatoms. The first-order chi connectivity index (χ1) is 14.3. The average Bonchev–Trinajstić information content (AvgIpc) is 2.73. The van der Waals surface area contributed by atoms with Crippen molar-refractivity contribution in [2.24, 2.45) is 5.92 Å². The summed E-state index contributed by atoms with van der Waals surface area (Å²) in [6.45, 7) is 5.27. The Kier molecular flexibility index (Phi) is 9.02. The molecule has 0 unspecified atom stereocenters. The number of ether oxygens (including phenoxy) is 2. The van der Waals surface area contributed by atoms with Crippen LogP contribution >= 0.6 is 0 Å². The van der Waals surface area contributed by atoms with Gasteiger partial charge in [0.15, 0.2) is 0 Å². The maximum atomic E-state index is 12.7. The topological polar surface area (TPSA) is 146 Å². The van der Waals surface area contributed by atoms with E-state index in [1.807, 2.05) is 6.92 Å². The van der Waals surface area contributed by atoms with Gasteiger partial charge in [-0.25, -0.2) is 0 Å². The number of nitrogens with one attached hydrogen (secondary N) is 1. The molecule has 1 amide bonds. The van der Waals surface area contributed by atoms with Crippen molar-refractivity contribution in [3.63, 3.8) is 0 Å². The van der Waals surface area contributed by atoms with E-state index in [2.05, 4.69) is 10.2 Å². The molecule has 3 rings (SSSR count). The summed E-state index contributed by atoms with van der Waals surface area (Å²) in [7, 11) is 0. The molecule has 172 valence electrons. The van der Waals surface area contributed by atoms with Crippen LogP contribution in [0.5, 0.6) is 0 Å². The van der Waals surface area contributed by atoms with E-state index < -0.39 is 23.2 Å². The zero-order chi connectivity index (χ0) is 22.2. The molecular formula is C20H34N2O8. The normalized spacial score (nSPS) is 29.5. The Bertz CT molecular complexity index is 587. The van der Waals surface area contributed by atoms with Crippen LogP contribution in [-0.4, -0.2) is 95.3 Å². The lowest BCUT2D eigenvalue weighted by atomic mass is 9.73. The maximum Gasteiger partial charge on any atom is 0.304 e.